The van der Waals surface area contributed by atoms with E-state index in [-0.39, 0.29) is 5.75 Å². The lowest BCUT2D eigenvalue weighted by Crippen LogP contribution is -2.51. The first-order valence-electron chi connectivity index (χ1n) is 4.02. The first kappa shape index (κ1) is 15.2. The van der Waals surface area contributed by atoms with E-state index in [4.69, 9.17) is 15.4 Å². The Balaban J connectivity index is 4.41. The maximum absolute atomic E-state index is 11.2. The Morgan fingerprint density at radius 3 is 2.25 bits per heavy atom. The number of carboxylic acids is 1. The number of carboxylic acid groups (broad SMARTS) is 1. The SMILES string of the molecule is N[C@H](CS(=O)(=O)O)C(=O)N[C@@H](CS)C(=O)O. The van der Waals surface area contributed by atoms with Crippen LogP contribution >= 0.6 is 12.6 Å². The first-order chi connectivity index (χ1) is 7.17. The molecule has 0 rings (SSSR count). The third-order valence-electron chi connectivity index (χ3n) is 1.52. The predicted octanol–water partition coefficient (Wildman–Crippen LogP) is -2.30. The van der Waals surface area contributed by atoms with Crippen LogP contribution < -0.4 is 11.1 Å². The van der Waals surface area contributed by atoms with E-state index < -0.39 is 39.8 Å². The standard InChI is InChI=1S/C6H12N2O6S2/c7-3(2-16(12,13)14)5(9)8-4(1-15)6(10)11/h3-4,15H,1-2,7H2,(H,8,9)(H,10,11)(H,12,13,14)/t3-,4+/m1/s1. The monoisotopic (exact) mass is 272 g/mol. The van der Waals surface area contributed by atoms with Gasteiger partial charge in [-0.05, 0) is 0 Å². The first-order valence-corrected chi connectivity index (χ1v) is 6.26. The molecule has 0 aliphatic rings. The third-order valence-corrected chi connectivity index (χ3v) is 2.67. The number of thiol groups is 1. The number of nitrogens with one attached hydrogen (secondary N) is 1. The van der Waals surface area contributed by atoms with Gasteiger partial charge in [0.05, 0.1) is 5.75 Å². The second kappa shape index (κ2) is 6.03. The molecule has 8 nitrogen and oxygen atoms in total. The van der Waals surface area contributed by atoms with E-state index in [9.17, 15) is 18.0 Å². The highest BCUT2D eigenvalue weighted by Crippen LogP contribution is 1.92. The molecule has 0 heterocycles. The average Bonchev–Trinajstić information content (AvgIpc) is 2.10. The highest BCUT2D eigenvalue weighted by Gasteiger charge is 2.24. The molecule has 5 N–H and O–H groups in total. The van der Waals surface area contributed by atoms with Gasteiger partial charge in [-0.25, -0.2) is 4.79 Å². The molecular formula is C6H12N2O6S2. The van der Waals surface area contributed by atoms with E-state index in [0.29, 0.717) is 0 Å². The van der Waals surface area contributed by atoms with Crippen molar-refractivity contribution < 1.29 is 27.7 Å². The molecular weight excluding hydrogens is 260 g/mol. The fraction of sp³-hybridized carbons (Fsp3) is 0.667. The minimum absolute atomic E-state index is 0.167. The molecule has 0 saturated carbocycles. The van der Waals surface area contributed by atoms with Gasteiger partial charge in [-0.2, -0.15) is 21.0 Å². The summed E-state index contributed by atoms with van der Waals surface area (Å²) in [7, 11) is -4.38. The van der Waals surface area contributed by atoms with Gasteiger partial charge in [-0.1, -0.05) is 0 Å². The van der Waals surface area contributed by atoms with Crippen molar-refractivity contribution in [2.45, 2.75) is 12.1 Å². The van der Waals surface area contributed by atoms with Gasteiger partial charge in [0.1, 0.15) is 12.1 Å². The van der Waals surface area contributed by atoms with Crippen molar-refractivity contribution in [3.63, 3.8) is 0 Å². The lowest BCUT2D eigenvalue weighted by atomic mass is 10.3. The van der Waals surface area contributed by atoms with Crippen LogP contribution in [0.4, 0.5) is 0 Å². The Morgan fingerprint density at radius 1 is 1.44 bits per heavy atom. The van der Waals surface area contributed by atoms with E-state index in [1.807, 2.05) is 5.32 Å². The average molecular weight is 272 g/mol. The summed E-state index contributed by atoms with van der Waals surface area (Å²) in [5, 5.41) is 10.5. The molecule has 94 valence electrons. The van der Waals surface area contributed by atoms with Gasteiger partial charge in [-0.3, -0.25) is 9.35 Å². The molecule has 10 heteroatoms. The van der Waals surface area contributed by atoms with E-state index in [0.717, 1.165) is 0 Å². The van der Waals surface area contributed by atoms with E-state index >= 15 is 0 Å². The molecule has 0 aliphatic carbocycles. The molecule has 0 radical (unpaired) electrons. The zero-order valence-electron chi connectivity index (χ0n) is 8.03. The number of rotatable bonds is 6. The van der Waals surface area contributed by atoms with Crippen molar-refractivity contribution >= 4 is 34.6 Å². The zero-order chi connectivity index (χ0) is 12.9. The quantitative estimate of drug-likeness (QED) is 0.270. The van der Waals surface area contributed by atoms with Crippen molar-refractivity contribution in [3.05, 3.63) is 0 Å². The Labute approximate surface area is 97.4 Å². The number of carbonyl (C=O) groups is 2. The lowest BCUT2D eigenvalue weighted by molar-refractivity contribution is -0.141. The van der Waals surface area contributed by atoms with Gasteiger partial charge < -0.3 is 16.2 Å². The van der Waals surface area contributed by atoms with Crippen LogP contribution in [0.5, 0.6) is 0 Å². The molecule has 0 unspecified atom stereocenters. The van der Waals surface area contributed by atoms with Crippen LogP contribution in [-0.4, -0.2) is 53.5 Å². The fourth-order valence-corrected chi connectivity index (χ4v) is 1.62. The number of amides is 1. The van der Waals surface area contributed by atoms with Gasteiger partial charge in [0, 0.05) is 5.75 Å². The fourth-order valence-electron chi connectivity index (χ4n) is 0.767. The number of hydrogen-bond donors (Lipinski definition) is 5. The van der Waals surface area contributed by atoms with Gasteiger partial charge in [0.25, 0.3) is 10.1 Å². The highest BCUT2D eigenvalue weighted by atomic mass is 32.2. The second-order valence-corrected chi connectivity index (χ2v) is 4.80. The molecule has 0 saturated heterocycles. The van der Waals surface area contributed by atoms with Crippen LogP contribution in [0.25, 0.3) is 0 Å². The van der Waals surface area contributed by atoms with Crippen molar-refractivity contribution in [3.8, 4) is 0 Å². The molecule has 1 amide bonds. The maximum Gasteiger partial charge on any atom is 0.327 e. The molecule has 0 aromatic heterocycles. The van der Waals surface area contributed by atoms with Crippen LogP contribution in [0.15, 0.2) is 0 Å². The molecule has 0 bridgehead atoms. The van der Waals surface area contributed by atoms with Crippen molar-refractivity contribution in [2.24, 2.45) is 5.73 Å². The number of aliphatic carboxylic acids is 1. The second-order valence-electron chi connectivity index (χ2n) is 2.94. The number of hydrogen-bond acceptors (Lipinski definition) is 6. The topological polar surface area (TPSA) is 147 Å². The van der Waals surface area contributed by atoms with Crippen molar-refractivity contribution in [1.29, 1.82) is 0 Å². The predicted molar refractivity (Wildman–Crippen MR) is 57.8 cm³/mol. The number of nitrogens with two attached hydrogens (primary N) is 1. The smallest absolute Gasteiger partial charge is 0.327 e. The lowest BCUT2D eigenvalue weighted by Gasteiger charge is -2.15. The molecule has 0 aromatic rings. The van der Waals surface area contributed by atoms with Gasteiger partial charge in [-0.15, -0.1) is 0 Å². The molecule has 0 aliphatic heterocycles. The van der Waals surface area contributed by atoms with E-state index in [1.165, 1.54) is 0 Å². The summed E-state index contributed by atoms with van der Waals surface area (Å²) >= 11 is 3.68. The normalized spacial score (nSPS) is 15.2. The van der Waals surface area contributed by atoms with Gasteiger partial charge >= 0.3 is 5.97 Å². The van der Waals surface area contributed by atoms with E-state index in [2.05, 4.69) is 12.6 Å². The molecule has 0 fully saturated rings. The van der Waals surface area contributed by atoms with E-state index in [1.54, 1.807) is 0 Å². The summed E-state index contributed by atoms with van der Waals surface area (Å²) in [6, 6.07) is -2.79. The van der Waals surface area contributed by atoms with Crippen LogP contribution in [0.2, 0.25) is 0 Å². The minimum Gasteiger partial charge on any atom is -0.480 e. The zero-order valence-corrected chi connectivity index (χ0v) is 9.74. The summed E-state index contributed by atoms with van der Waals surface area (Å²) in [4.78, 5) is 21.7. The minimum atomic E-state index is -4.38. The summed E-state index contributed by atoms with van der Waals surface area (Å²) < 4.78 is 29.2. The van der Waals surface area contributed by atoms with Gasteiger partial charge in [0.15, 0.2) is 0 Å². The van der Waals surface area contributed by atoms with Crippen LogP contribution in [0.1, 0.15) is 0 Å². The maximum atomic E-state index is 11.2. The Bertz CT molecular complexity index is 367. The Morgan fingerprint density at radius 2 is 1.94 bits per heavy atom. The summed E-state index contributed by atoms with van der Waals surface area (Å²) in [6.07, 6.45) is 0. The van der Waals surface area contributed by atoms with Gasteiger partial charge in [0.2, 0.25) is 5.91 Å². The Hall–Kier alpha value is -0.840. The summed E-state index contributed by atoms with van der Waals surface area (Å²) in [5.74, 6) is -3.45. The summed E-state index contributed by atoms with van der Waals surface area (Å²) in [6.45, 7) is 0. The highest BCUT2D eigenvalue weighted by molar-refractivity contribution is 7.85. The Kier molecular flexibility index (Phi) is 5.72. The molecule has 0 spiro atoms. The third kappa shape index (κ3) is 5.90. The largest absolute Gasteiger partial charge is 0.480 e. The van der Waals surface area contributed by atoms with Crippen molar-refractivity contribution in [1.82, 2.24) is 5.32 Å². The van der Waals surface area contributed by atoms with Crippen LogP contribution in [-0.2, 0) is 19.7 Å². The molecule has 0 aromatic carbocycles. The van der Waals surface area contributed by atoms with Crippen molar-refractivity contribution in [2.75, 3.05) is 11.5 Å². The van der Waals surface area contributed by atoms with Crippen LogP contribution in [0.3, 0.4) is 0 Å². The molecule has 16 heavy (non-hydrogen) atoms. The van der Waals surface area contributed by atoms with Crippen LogP contribution in [0, 0.1) is 0 Å². The number of carbonyl (C=O) groups excluding carboxylic acids is 1. The molecule has 2 atom stereocenters. The summed E-state index contributed by atoms with van der Waals surface area (Å²) in [5.41, 5.74) is 5.14.